The standard InChI is InChI=1S/C15H26N2O3S/c1-3-14-17(12(9-21-14)15(19)20)13(18)7-10(2)11-5-4-6-16-8-11/h10-12,14,16H,3-9H2,1-2H3,(H,19,20). The van der Waals surface area contributed by atoms with Gasteiger partial charge in [0.1, 0.15) is 6.04 Å². The molecular formula is C15H26N2O3S. The van der Waals surface area contributed by atoms with Gasteiger partial charge in [-0.05, 0) is 44.2 Å². The van der Waals surface area contributed by atoms with Crippen LogP contribution in [0.2, 0.25) is 0 Å². The van der Waals surface area contributed by atoms with Crippen molar-refractivity contribution in [3.63, 3.8) is 0 Å². The number of hydrogen-bond donors (Lipinski definition) is 2. The van der Waals surface area contributed by atoms with Crippen molar-refractivity contribution in [1.29, 1.82) is 0 Å². The zero-order valence-electron chi connectivity index (χ0n) is 12.9. The van der Waals surface area contributed by atoms with E-state index in [0.29, 0.717) is 24.0 Å². The lowest BCUT2D eigenvalue weighted by atomic mass is 9.85. The average Bonchev–Trinajstić information content (AvgIpc) is 2.92. The molecule has 2 rings (SSSR count). The van der Waals surface area contributed by atoms with Crippen LogP contribution < -0.4 is 5.32 Å². The lowest BCUT2D eigenvalue weighted by Crippen LogP contribution is -2.46. The molecular weight excluding hydrogens is 288 g/mol. The van der Waals surface area contributed by atoms with Gasteiger partial charge in [-0.3, -0.25) is 4.79 Å². The molecule has 2 saturated heterocycles. The summed E-state index contributed by atoms with van der Waals surface area (Å²) in [4.78, 5) is 25.6. The monoisotopic (exact) mass is 314 g/mol. The van der Waals surface area contributed by atoms with Gasteiger partial charge in [-0.2, -0.15) is 0 Å². The van der Waals surface area contributed by atoms with Gasteiger partial charge < -0.3 is 15.3 Å². The molecule has 0 aliphatic carbocycles. The van der Waals surface area contributed by atoms with E-state index >= 15 is 0 Å². The normalized spacial score (nSPS) is 31.1. The predicted octanol–water partition coefficient (Wildman–Crippen LogP) is 1.78. The van der Waals surface area contributed by atoms with Gasteiger partial charge in [0.2, 0.25) is 5.91 Å². The fourth-order valence-corrected chi connectivity index (χ4v) is 4.68. The summed E-state index contributed by atoms with van der Waals surface area (Å²) in [5.41, 5.74) is 0. The van der Waals surface area contributed by atoms with Crippen LogP contribution in [-0.2, 0) is 9.59 Å². The van der Waals surface area contributed by atoms with Gasteiger partial charge in [-0.15, -0.1) is 11.8 Å². The van der Waals surface area contributed by atoms with Crippen LogP contribution in [0, 0.1) is 11.8 Å². The Hall–Kier alpha value is -0.750. The molecule has 0 aromatic rings. The van der Waals surface area contributed by atoms with Crippen LogP contribution in [0.5, 0.6) is 0 Å². The van der Waals surface area contributed by atoms with Crippen molar-refractivity contribution in [2.45, 2.75) is 50.9 Å². The molecule has 4 unspecified atom stereocenters. The summed E-state index contributed by atoms with van der Waals surface area (Å²) >= 11 is 1.59. The molecule has 5 nitrogen and oxygen atoms in total. The van der Waals surface area contributed by atoms with Crippen molar-refractivity contribution in [3.05, 3.63) is 0 Å². The number of aliphatic carboxylic acids is 1. The van der Waals surface area contributed by atoms with E-state index in [4.69, 9.17) is 0 Å². The van der Waals surface area contributed by atoms with E-state index in [9.17, 15) is 14.7 Å². The SMILES string of the molecule is CCC1SCC(C(=O)O)N1C(=O)CC(C)C1CCCNC1. The minimum absolute atomic E-state index is 0.0114. The third-order valence-corrected chi connectivity index (χ3v) is 6.10. The van der Waals surface area contributed by atoms with Gasteiger partial charge in [-0.1, -0.05) is 13.8 Å². The summed E-state index contributed by atoms with van der Waals surface area (Å²) in [7, 11) is 0. The fraction of sp³-hybridized carbons (Fsp3) is 0.867. The first-order chi connectivity index (χ1) is 10.0. The minimum Gasteiger partial charge on any atom is -0.480 e. The van der Waals surface area contributed by atoms with E-state index < -0.39 is 12.0 Å². The third-order valence-electron chi connectivity index (χ3n) is 4.65. The lowest BCUT2D eigenvalue weighted by Gasteiger charge is -2.31. The summed E-state index contributed by atoms with van der Waals surface area (Å²) in [6, 6.07) is -0.649. The predicted molar refractivity (Wildman–Crippen MR) is 84.2 cm³/mol. The van der Waals surface area contributed by atoms with Crippen LogP contribution in [0.15, 0.2) is 0 Å². The van der Waals surface area contributed by atoms with E-state index in [2.05, 4.69) is 12.2 Å². The second-order valence-corrected chi connectivity index (χ2v) is 7.35. The summed E-state index contributed by atoms with van der Waals surface area (Å²) in [5, 5.41) is 12.7. The minimum atomic E-state index is -0.876. The van der Waals surface area contributed by atoms with Crippen LogP contribution in [0.3, 0.4) is 0 Å². The number of carboxylic acid groups (broad SMARTS) is 1. The number of hydrogen-bond acceptors (Lipinski definition) is 4. The van der Waals surface area contributed by atoms with E-state index in [1.807, 2.05) is 6.92 Å². The molecule has 2 heterocycles. The molecule has 2 aliphatic heterocycles. The summed E-state index contributed by atoms with van der Waals surface area (Å²) in [6.45, 7) is 6.17. The summed E-state index contributed by atoms with van der Waals surface area (Å²) < 4.78 is 0. The molecule has 0 bridgehead atoms. The highest BCUT2D eigenvalue weighted by molar-refractivity contribution is 8.00. The molecule has 0 spiro atoms. The number of carbonyl (C=O) groups is 2. The average molecular weight is 314 g/mol. The van der Waals surface area contributed by atoms with Gasteiger partial charge in [0.05, 0.1) is 5.37 Å². The first-order valence-electron chi connectivity index (χ1n) is 7.90. The van der Waals surface area contributed by atoms with Crippen LogP contribution in [0.1, 0.15) is 39.5 Å². The molecule has 4 atom stereocenters. The Kier molecular flexibility index (Phi) is 5.93. The highest BCUT2D eigenvalue weighted by atomic mass is 32.2. The van der Waals surface area contributed by atoms with Crippen molar-refractivity contribution in [2.75, 3.05) is 18.8 Å². The Morgan fingerprint density at radius 2 is 2.24 bits per heavy atom. The van der Waals surface area contributed by atoms with Crippen LogP contribution in [-0.4, -0.2) is 52.1 Å². The molecule has 120 valence electrons. The zero-order valence-corrected chi connectivity index (χ0v) is 13.7. The smallest absolute Gasteiger partial charge is 0.327 e. The first kappa shape index (κ1) is 16.6. The highest BCUT2D eigenvalue weighted by Gasteiger charge is 2.41. The lowest BCUT2D eigenvalue weighted by molar-refractivity contribution is -0.149. The Balaban J connectivity index is 1.97. The molecule has 21 heavy (non-hydrogen) atoms. The van der Waals surface area contributed by atoms with Crippen molar-refractivity contribution < 1.29 is 14.7 Å². The van der Waals surface area contributed by atoms with Crippen LogP contribution in [0.25, 0.3) is 0 Å². The largest absolute Gasteiger partial charge is 0.480 e. The molecule has 2 aliphatic rings. The molecule has 0 aromatic heterocycles. The maximum Gasteiger partial charge on any atom is 0.327 e. The third kappa shape index (κ3) is 3.92. The van der Waals surface area contributed by atoms with Gasteiger partial charge in [0.25, 0.3) is 0 Å². The number of rotatable bonds is 5. The Morgan fingerprint density at radius 1 is 1.48 bits per heavy atom. The van der Waals surface area contributed by atoms with E-state index in [-0.39, 0.29) is 11.3 Å². The number of nitrogens with one attached hydrogen (secondary N) is 1. The molecule has 1 amide bonds. The maximum absolute atomic E-state index is 12.6. The number of piperidine rings is 1. The van der Waals surface area contributed by atoms with E-state index in [0.717, 1.165) is 32.4 Å². The molecule has 0 saturated carbocycles. The number of nitrogens with zero attached hydrogens (tertiary/aromatic N) is 1. The number of amides is 1. The number of thioether (sulfide) groups is 1. The second kappa shape index (κ2) is 7.49. The number of carbonyl (C=O) groups excluding carboxylic acids is 1. The molecule has 2 fully saturated rings. The van der Waals surface area contributed by atoms with Crippen molar-refractivity contribution >= 4 is 23.6 Å². The van der Waals surface area contributed by atoms with Crippen LogP contribution >= 0.6 is 11.8 Å². The second-order valence-electron chi connectivity index (χ2n) is 6.14. The van der Waals surface area contributed by atoms with Gasteiger partial charge in [0.15, 0.2) is 0 Å². The molecule has 6 heteroatoms. The molecule has 2 N–H and O–H groups in total. The fourth-order valence-electron chi connectivity index (χ4n) is 3.31. The summed E-state index contributed by atoms with van der Waals surface area (Å²) in [6.07, 6.45) is 3.60. The zero-order chi connectivity index (χ0) is 15.4. The molecule has 0 aromatic carbocycles. The first-order valence-corrected chi connectivity index (χ1v) is 8.95. The Bertz CT molecular complexity index is 385. The van der Waals surface area contributed by atoms with Gasteiger partial charge in [0, 0.05) is 12.2 Å². The Labute approximate surface area is 130 Å². The van der Waals surface area contributed by atoms with Crippen molar-refractivity contribution in [2.24, 2.45) is 11.8 Å². The van der Waals surface area contributed by atoms with Gasteiger partial charge >= 0.3 is 5.97 Å². The molecule has 0 radical (unpaired) electrons. The van der Waals surface area contributed by atoms with Crippen molar-refractivity contribution in [1.82, 2.24) is 10.2 Å². The van der Waals surface area contributed by atoms with E-state index in [1.165, 1.54) is 0 Å². The Morgan fingerprint density at radius 3 is 2.81 bits per heavy atom. The van der Waals surface area contributed by atoms with Crippen molar-refractivity contribution in [3.8, 4) is 0 Å². The summed E-state index contributed by atoms with van der Waals surface area (Å²) in [5.74, 6) is 0.485. The topological polar surface area (TPSA) is 69.6 Å². The highest BCUT2D eigenvalue weighted by Crippen LogP contribution is 2.33. The quantitative estimate of drug-likeness (QED) is 0.809. The van der Waals surface area contributed by atoms with Gasteiger partial charge in [-0.25, -0.2) is 4.79 Å². The number of carboxylic acids is 1. The van der Waals surface area contributed by atoms with Crippen LogP contribution in [0.4, 0.5) is 0 Å². The van der Waals surface area contributed by atoms with E-state index in [1.54, 1.807) is 16.7 Å². The maximum atomic E-state index is 12.6.